The second-order valence-electron chi connectivity index (χ2n) is 11.0. The van der Waals surface area contributed by atoms with Crippen molar-refractivity contribution in [2.45, 2.75) is 57.1 Å². The first-order valence-corrected chi connectivity index (χ1v) is 13.7. The van der Waals surface area contributed by atoms with E-state index in [1.165, 1.54) is 23.1 Å². The number of carbonyl (C=O) groups is 3. The number of esters is 1. The number of aliphatic hydroxyl groups is 2. The van der Waals surface area contributed by atoms with E-state index in [1.54, 1.807) is 56.3 Å². The number of hydrogen-bond donors (Lipinski definition) is 3. The van der Waals surface area contributed by atoms with Crippen molar-refractivity contribution in [2.75, 3.05) is 0 Å². The van der Waals surface area contributed by atoms with Gasteiger partial charge in [-0.3, -0.25) is 9.59 Å². The summed E-state index contributed by atoms with van der Waals surface area (Å²) >= 11 is 0. The number of ketones is 2. The van der Waals surface area contributed by atoms with Crippen LogP contribution in [0.3, 0.4) is 0 Å². The Balaban J connectivity index is 1.41. The predicted molar refractivity (Wildman–Crippen MR) is 146 cm³/mol. The van der Waals surface area contributed by atoms with Gasteiger partial charge in [0.2, 0.25) is 18.3 Å². The summed E-state index contributed by atoms with van der Waals surface area (Å²) in [5, 5.41) is 31.4. The molecule has 10 nitrogen and oxygen atoms in total. The Labute approximate surface area is 240 Å². The molecule has 0 saturated carbocycles. The number of phenols is 1. The lowest BCUT2D eigenvalue weighted by atomic mass is 9.78. The van der Waals surface area contributed by atoms with Crippen LogP contribution in [0.1, 0.15) is 68.6 Å². The number of fused-ring (bicyclic) bond motifs is 6. The molecule has 214 valence electrons. The highest BCUT2D eigenvalue weighted by Crippen LogP contribution is 2.54. The number of carbonyl (C=O) groups excluding carboxylic acids is 3. The van der Waals surface area contributed by atoms with E-state index in [1.807, 2.05) is 0 Å². The third kappa shape index (κ3) is 3.79. The van der Waals surface area contributed by atoms with Crippen LogP contribution in [0.15, 0.2) is 66.4 Å². The van der Waals surface area contributed by atoms with E-state index in [9.17, 15) is 29.7 Å². The Morgan fingerprint density at radius 2 is 1.71 bits per heavy atom. The number of aliphatic hydroxyl groups excluding tert-OH is 2. The van der Waals surface area contributed by atoms with Crippen LogP contribution in [-0.4, -0.2) is 62.4 Å². The van der Waals surface area contributed by atoms with E-state index >= 15 is 0 Å². The number of hydrogen-bond acceptors (Lipinski definition) is 10. The second kappa shape index (κ2) is 9.52. The Morgan fingerprint density at radius 3 is 2.45 bits per heavy atom. The van der Waals surface area contributed by atoms with Gasteiger partial charge in [0.25, 0.3) is 0 Å². The van der Waals surface area contributed by atoms with Crippen LogP contribution in [0.25, 0.3) is 5.57 Å². The van der Waals surface area contributed by atoms with Crippen molar-refractivity contribution < 1.29 is 43.9 Å². The first-order chi connectivity index (χ1) is 20.2. The molecule has 1 unspecified atom stereocenters. The maximum Gasteiger partial charge on any atom is 0.335 e. The molecule has 3 aromatic rings. The normalized spacial score (nSPS) is 28.1. The van der Waals surface area contributed by atoms with Gasteiger partial charge in [0.05, 0.1) is 23.3 Å². The number of benzene rings is 3. The van der Waals surface area contributed by atoms with Gasteiger partial charge in [0.1, 0.15) is 23.3 Å². The molecule has 2 fully saturated rings. The predicted octanol–water partition coefficient (Wildman–Crippen LogP) is 3.34. The molecule has 42 heavy (non-hydrogen) atoms. The van der Waals surface area contributed by atoms with Crippen molar-refractivity contribution in [3.63, 3.8) is 0 Å². The molecular weight excluding hydrogens is 542 g/mol. The van der Waals surface area contributed by atoms with Gasteiger partial charge in [-0.2, -0.15) is 0 Å². The molecule has 0 bridgehead atoms. The molecule has 3 N–H and O–H groups in total. The lowest BCUT2D eigenvalue weighted by Crippen LogP contribution is -2.48. The lowest BCUT2D eigenvalue weighted by Gasteiger charge is -2.39. The van der Waals surface area contributed by atoms with Crippen LogP contribution in [0.4, 0.5) is 0 Å². The highest BCUT2D eigenvalue weighted by atomic mass is 16.7. The number of phenolic OH excluding ortho intramolecular Hbond substituents is 1. The molecular formula is C32H27NO9. The average Bonchev–Trinajstić information content (AvgIpc) is 3.31. The summed E-state index contributed by atoms with van der Waals surface area (Å²) in [6, 6.07) is 15.6. The fraction of sp³-hybridized carbons (Fsp3) is 0.281. The number of nitrogens with zero attached hydrogens (tertiary/aromatic N) is 1. The Hall–Kier alpha value is -4.51. The number of aromatic hydroxyl groups is 1. The SMILES string of the molecule is Cc1cc(O)c2c(c1)C1OC(=O)[C@H](c3ccccc3)N1C1=C2C(=O)c2cccc(O[C@H]3C[C@@H](O)[C@@H](O)[C@H](C)O3)c2C1=O. The van der Waals surface area contributed by atoms with Gasteiger partial charge in [0, 0.05) is 23.1 Å². The van der Waals surface area contributed by atoms with E-state index in [-0.39, 0.29) is 45.9 Å². The molecule has 0 radical (unpaired) electrons. The zero-order valence-electron chi connectivity index (χ0n) is 22.7. The Kier molecular flexibility index (Phi) is 5.98. The van der Waals surface area contributed by atoms with Gasteiger partial charge in [0.15, 0.2) is 11.8 Å². The molecule has 3 aromatic carbocycles. The monoisotopic (exact) mass is 569 g/mol. The number of rotatable bonds is 3. The standard InChI is InChI=1S/C32H27NO9/c1-14-11-18-23(19(34)12-14)25-27(33-26(32(39)42-31(18)33)16-7-4-3-5-8-16)30(38)24-17(29(25)37)9-6-10-21(24)41-22-13-20(35)28(36)15(2)40-22/h3-12,15,20,22,26,28,31,34-36H,13H2,1-2H3/t15-,20+,22-,26-,28-,31?/m0/s1. The molecule has 6 atom stereocenters. The fourth-order valence-corrected chi connectivity index (χ4v) is 6.38. The maximum atomic E-state index is 14.5. The number of allylic oxidation sites excluding steroid dienone is 2. The number of Topliss-reactive ketones (excluding diaryl/α,β-unsaturated/α-hetero) is 2. The summed E-state index contributed by atoms with van der Waals surface area (Å²) in [5.41, 5.74) is 1.76. The third-order valence-corrected chi connectivity index (χ3v) is 8.27. The number of aryl methyl sites for hydroxylation is 1. The van der Waals surface area contributed by atoms with Crippen molar-refractivity contribution in [2.24, 2.45) is 0 Å². The molecule has 0 amide bonds. The molecule has 7 rings (SSSR count). The van der Waals surface area contributed by atoms with E-state index < -0.39 is 54.4 Å². The zero-order chi connectivity index (χ0) is 29.4. The minimum Gasteiger partial charge on any atom is -0.507 e. The first-order valence-electron chi connectivity index (χ1n) is 13.7. The highest BCUT2D eigenvalue weighted by Gasteiger charge is 2.54. The summed E-state index contributed by atoms with van der Waals surface area (Å²) < 4.78 is 17.6. The van der Waals surface area contributed by atoms with Gasteiger partial charge in [-0.05, 0) is 43.2 Å². The summed E-state index contributed by atoms with van der Waals surface area (Å²) in [6.07, 6.45) is -5.05. The summed E-state index contributed by atoms with van der Waals surface area (Å²) in [7, 11) is 0. The lowest BCUT2D eigenvalue weighted by molar-refractivity contribution is -0.216. The number of ether oxygens (including phenoxy) is 3. The van der Waals surface area contributed by atoms with Gasteiger partial charge < -0.3 is 34.4 Å². The van der Waals surface area contributed by atoms with Crippen molar-refractivity contribution >= 4 is 23.1 Å². The minimum atomic E-state index is -1.11. The molecule has 4 aliphatic rings. The first kappa shape index (κ1) is 26.4. The highest BCUT2D eigenvalue weighted by molar-refractivity contribution is 6.41. The second-order valence-corrected chi connectivity index (χ2v) is 11.0. The average molecular weight is 570 g/mol. The van der Waals surface area contributed by atoms with Crippen LogP contribution in [0.5, 0.6) is 11.5 Å². The fourth-order valence-electron chi connectivity index (χ4n) is 6.38. The maximum absolute atomic E-state index is 14.5. The van der Waals surface area contributed by atoms with Crippen molar-refractivity contribution in [3.05, 3.63) is 99.7 Å². The van der Waals surface area contributed by atoms with Gasteiger partial charge in [-0.15, -0.1) is 0 Å². The summed E-state index contributed by atoms with van der Waals surface area (Å²) in [4.78, 5) is 43.7. The van der Waals surface area contributed by atoms with E-state index in [2.05, 4.69) is 0 Å². The van der Waals surface area contributed by atoms with Gasteiger partial charge in [-0.1, -0.05) is 42.5 Å². The molecule has 10 heteroatoms. The largest absolute Gasteiger partial charge is 0.507 e. The quantitative estimate of drug-likeness (QED) is 0.402. The summed E-state index contributed by atoms with van der Waals surface area (Å²) in [6.45, 7) is 3.37. The van der Waals surface area contributed by atoms with Crippen molar-refractivity contribution in [3.8, 4) is 11.5 Å². The third-order valence-electron chi connectivity index (χ3n) is 8.27. The van der Waals surface area contributed by atoms with Crippen molar-refractivity contribution in [1.82, 2.24) is 4.90 Å². The smallest absolute Gasteiger partial charge is 0.335 e. The minimum absolute atomic E-state index is 0.0197. The van der Waals surface area contributed by atoms with Gasteiger partial charge in [-0.25, -0.2) is 4.79 Å². The molecule has 1 aliphatic carbocycles. The van der Waals surface area contributed by atoms with Crippen LogP contribution in [-0.2, 0) is 14.3 Å². The Morgan fingerprint density at radius 1 is 0.952 bits per heavy atom. The van der Waals surface area contributed by atoms with Crippen molar-refractivity contribution in [1.29, 1.82) is 0 Å². The summed E-state index contributed by atoms with van der Waals surface area (Å²) in [5.74, 6) is -1.86. The van der Waals surface area contributed by atoms with Crippen LogP contribution in [0.2, 0.25) is 0 Å². The molecule has 2 saturated heterocycles. The van der Waals surface area contributed by atoms with E-state index in [0.29, 0.717) is 16.7 Å². The zero-order valence-corrected chi connectivity index (χ0v) is 22.7. The molecule has 0 spiro atoms. The van der Waals surface area contributed by atoms with Gasteiger partial charge >= 0.3 is 5.97 Å². The molecule has 0 aromatic heterocycles. The van der Waals surface area contributed by atoms with Crippen LogP contribution >= 0.6 is 0 Å². The van der Waals surface area contributed by atoms with E-state index in [4.69, 9.17) is 14.2 Å². The molecule has 3 heterocycles. The van der Waals surface area contributed by atoms with Crippen LogP contribution in [0, 0.1) is 6.92 Å². The van der Waals surface area contributed by atoms with E-state index in [0.717, 1.165) is 0 Å². The topological polar surface area (TPSA) is 143 Å². The Bertz CT molecular complexity index is 1690. The van der Waals surface area contributed by atoms with Crippen LogP contribution < -0.4 is 4.74 Å². The molecule has 3 aliphatic heterocycles.